The molecule has 0 bridgehead atoms. The van der Waals surface area contributed by atoms with Crippen LogP contribution >= 0.6 is 22.9 Å². The van der Waals surface area contributed by atoms with Crippen molar-refractivity contribution in [1.29, 1.82) is 5.26 Å². The van der Waals surface area contributed by atoms with Gasteiger partial charge in [0.1, 0.15) is 42.4 Å². The number of likely N-dealkylation sites (tertiary alicyclic amines) is 1. The molecule has 4 aromatic rings. The number of nitrogens with zero attached hydrogens (tertiary/aromatic N) is 6. The van der Waals surface area contributed by atoms with Gasteiger partial charge in [0.05, 0.1) is 51.0 Å². The molecule has 0 radical (unpaired) electrons. The largest absolute Gasteiger partial charge is 0.489 e. The summed E-state index contributed by atoms with van der Waals surface area (Å²) in [6.07, 6.45) is 0.599. The average molecular weight is 997 g/mol. The first kappa shape index (κ1) is 52.2. The fourth-order valence-corrected chi connectivity index (χ4v) is 11.3. The summed E-state index contributed by atoms with van der Waals surface area (Å²) in [4.78, 5) is 70.4. The third-order valence-corrected chi connectivity index (χ3v) is 15.3. The van der Waals surface area contributed by atoms with Crippen molar-refractivity contribution in [1.82, 2.24) is 35.7 Å². The third kappa shape index (κ3) is 11.6. The number of anilines is 1. The van der Waals surface area contributed by atoms with Gasteiger partial charge in [-0.05, 0) is 54.7 Å². The Hall–Kier alpha value is -5.64. The molecule has 374 valence electrons. The number of piperazine rings is 1. The Bertz CT molecular complexity index is 2550. The van der Waals surface area contributed by atoms with E-state index < -0.39 is 46.2 Å². The smallest absolute Gasteiger partial charge is 0.253 e. The number of nitriles is 1. The fourth-order valence-electron chi connectivity index (χ4n) is 10.3. The van der Waals surface area contributed by atoms with Gasteiger partial charge in [0, 0.05) is 74.8 Å². The van der Waals surface area contributed by atoms with Crippen LogP contribution in [0.25, 0.3) is 10.4 Å². The number of aromatic nitrogens is 2. The summed E-state index contributed by atoms with van der Waals surface area (Å²) < 4.78 is 12.2. The fraction of sp³-hybridized carbons (Fsp3) is 0.519. The highest BCUT2D eigenvalue weighted by atomic mass is 35.5. The molecule has 4 N–H and O–H groups in total. The molecule has 2 aromatic carbocycles. The minimum atomic E-state index is -0.966. The van der Waals surface area contributed by atoms with E-state index in [9.17, 15) is 29.5 Å². The van der Waals surface area contributed by atoms with E-state index in [4.69, 9.17) is 21.1 Å². The van der Waals surface area contributed by atoms with E-state index in [0.717, 1.165) is 40.6 Å². The molecule has 7 rings (SSSR count). The van der Waals surface area contributed by atoms with Crippen molar-refractivity contribution in [2.75, 3.05) is 57.4 Å². The Morgan fingerprint density at radius 3 is 2.29 bits per heavy atom. The molecule has 3 aliphatic rings. The Morgan fingerprint density at radius 1 is 0.986 bits per heavy atom. The number of aliphatic hydroxyl groups is 1. The van der Waals surface area contributed by atoms with Crippen molar-refractivity contribution in [3.8, 4) is 22.3 Å². The van der Waals surface area contributed by atoms with Gasteiger partial charge in [0.2, 0.25) is 17.7 Å². The Balaban J connectivity index is 0.831. The van der Waals surface area contributed by atoms with Crippen LogP contribution in [0.4, 0.5) is 5.82 Å². The number of carbonyl (C=O) groups is 4. The molecular weight excluding hydrogens is 930 g/mol. The normalized spacial score (nSPS) is 21.7. The van der Waals surface area contributed by atoms with Gasteiger partial charge >= 0.3 is 0 Å². The number of amides is 4. The minimum Gasteiger partial charge on any atom is -0.489 e. The number of β-amino-alcohol motifs (C(OH)–C–C–N with tert-alkyl or cyclic N) is 1. The molecule has 3 fully saturated rings. The van der Waals surface area contributed by atoms with Crippen LogP contribution in [0.15, 0.2) is 66.3 Å². The lowest BCUT2D eigenvalue weighted by Gasteiger charge is -2.63. The summed E-state index contributed by atoms with van der Waals surface area (Å²) in [6, 6.07) is 16.3. The quantitative estimate of drug-likeness (QED) is 0.0934. The highest BCUT2D eigenvalue weighted by molar-refractivity contribution is 7.13. The number of ether oxygens (including phenoxy) is 2. The van der Waals surface area contributed by atoms with Crippen LogP contribution < -0.4 is 25.6 Å². The summed E-state index contributed by atoms with van der Waals surface area (Å²) in [5.74, 6) is -0.115. The first-order valence-electron chi connectivity index (χ1n) is 23.9. The van der Waals surface area contributed by atoms with E-state index in [1.54, 1.807) is 41.8 Å². The maximum Gasteiger partial charge on any atom is 0.253 e. The lowest BCUT2D eigenvalue weighted by Crippen LogP contribution is -2.74. The zero-order valence-electron chi connectivity index (χ0n) is 41.5. The molecule has 2 aliphatic heterocycles. The number of thiazole rings is 1. The van der Waals surface area contributed by atoms with Gasteiger partial charge in [-0.2, -0.15) is 5.26 Å². The second-order valence-corrected chi connectivity index (χ2v) is 22.2. The number of benzene rings is 2. The molecule has 4 atom stereocenters. The molecule has 0 unspecified atom stereocenters. The topological polar surface area (TPSA) is 202 Å². The Kier molecular flexibility index (Phi) is 15.9. The van der Waals surface area contributed by atoms with Crippen molar-refractivity contribution in [2.24, 2.45) is 16.2 Å². The Labute approximate surface area is 420 Å². The van der Waals surface area contributed by atoms with Crippen molar-refractivity contribution < 1.29 is 33.8 Å². The van der Waals surface area contributed by atoms with E-state index in [-0.39, 0.29) is 49.6 Å². The number of rotatable bonds is 16. The van der Waals surface area contributed by atoms with E-state index in [2.05, 4.69) is 69.5 Å². The second-order valence-electron chi connectivity index (χ2n) is 21.0. The van der Waals surface area contributed by atoms with Gasteiger partial charge in [-0.15, -0.1) is 11.3 Å². The SMILES string of the molecule is Cc1ncsc1-c1ccc([C@H](C)NC(=O)[C@@H]2C[C@@H](O)CN2C(=O)[C@@H](NC(=O)COCCN2CCN(c3ccc(C(=O)N[C@H]4C(C)(C)[C@H](Oc5ccc(C#N)c(Cl)c5)C4(C)C)cn3)CC2)C(C)(C)C)cc1. The Morgan fingerprint density at radius 2 is 1.69 bits per heavy atom. The number of carbonyl (C=O) groups excluding carboxylic acids is 4. The van der Waals surface area contributed by atoms with Crippen LogP contribution in [0.2, 0.25) is 5.02 Å². The van der Waals surface area contributed by atoms with Gasteiger partial charge in [0.25, 0.3) is 5.91 Å². The predicted octanol–water partition coefficient (Wildman–Crippen LogP) is 6.16. The van der Waals surface area contributed by atoms with Gasteiger partial charge < -0.3 is 40.3 Å². The third-order valence-electron chi connectivity index (χ3n) is 14.0. The van der Waals surface area contributed by atoms with Crippen LogP contribution in [0.3, 0.4) is 0 Å². The molecule has 1 saturated carbocycles. The van der Waals surface area contributed by atoms with Crippen molar-refractivity contribution >= 4 is 52.4 Å². The number of hydrogen-bond acceptors (Lipinski definition) is 13. The predicted molar refractivity (Wildman–Crippen MR) is 269 cm³/mol. The first-order chi connectivity index (χ1) is 33.1. The maximum absolute atomic E-state index is 14.1. The van der Waals surface area contributed by atoms with Crippen molar-refractivity contribution in [3.63, 3.8) is 0 Å². The van der Waals surface area contributed by atoms with Crippen LogP contribution in [0.1, 0.15) is 95.0 Å². The maximum atomic E-state index is 14.1. The van der Waals surface area contributed by atoms with Gasteiger partial charge in [-0.3, -0.25) is 24.1 Å². The highest BCUT2D eigenvalue weighted by Crippen LogP contribution is 2.55. The van der Waals surface area contributed by atoms with E-state index in [1.165, 1.54) is 4.90 Å². The number of pyridine rings is 1. The van der Waals surface area contributed by atoms with Crippen molar-refractivity contribution in [3.05, 3.63) is 93.7 Å². The molecular formula is C52H66ClN9O7S. The lowest BCUT2D eigenvalue weighted by atomic mass is 9.49. The molecule has 18 heteroatoms. The molecule has 2 saturated heterocycles. The van der Waals surface area contributed by atoms with Gasteiger partial charge in [0.15, 0.2) is 0 Å². The average Bonchev–Trinajstić information content (AvgIpc) is 3.95. The molecule has 16 nitrogen and oxygen atoms in total. The summed E-state index contributed by atoms with van der Waals surface area (Å²) in [5, 5.41) is 29.4. The van der Waals surface area contributed by atoms with Crippen LogP contribution in [0, 0.1) is 34.5 Å². The number of aliphatic hydroxyl groups excluding tert-OH is 1. The zero-order valence-corrected chi connectivity index (χ0v) is 43.1. The number of hydrogen-bond donors (Lipinski definition) is 4. The van der Waals surface area contributed by atoms with E-state index >= 15 is 0 Å². The number of aryl methyl sites for hydroxylation is 1. The second kappa shape index (κ2) is 21.4. The molecule has 1 aliphatic carbocycles. The minimum absolute atomic E-state index is 0.0190. The molecule has 0 spiro atoms. The van der Waals surface area contributed by atoms with Crippen LogP contribution in [0.5, 0.6) is 5.75 Å². The van der Waals surface area contributed by atoms with Crippen LogP contribution in [-0.2, 0) is 19.1 Å². The number of halogens is 1. The summed E-state index contributed by atoms with van der Waals surface area (Å²) >= 11 is 7.83. The number of nitrogens with one attached hydrogen (secondary N) is 3. The zero-order chi connectivity index (χ0) is 50.7. The van der Waals surface area contributed by atoms with Crippen molar-refractivity contribution in [2.45, 2.75) is 105 Å². The molecule has 4 heterocycles. The summed E-state index contributed by atoms with van der Waals surface area (Å²) in [5.41, 5.74) is 4.06. The van der Waals surface area contributed by atoms with Gasteiger partial charge in [-0.25, -0.2) is 9.97 Å². The highest BCUT2D eigenvalue weighted by Gasteiger charge is 2.64. The summed E-state index contributed by atoms with van der Waals surface area (Å²) in [7, 11) is 0. The van der Waals surface area contributed by atoms with E-state index in [0.29, 0.717) is 48.1 Å². The van der Waals surface area contributed by atoms with E-state index in [1.807, 2.05) is 70.5 Å². The standard InChI is InChI=1S/C52H66ClN9O7S/c1-31(33-10-12-34(13-11-33)43-32(2)56-30-70-43)57-46(66)40-24-37(63)28-62(40)47(67)44(50(3,4)5)58-42(64)29-68-23-22-60-18-20-61(21-19-60)41-17-15-36(27-55-41)45(65)59-48-51(6,7)49(52(48,8)9)69-38-16-14-35(26-54)39(53)25-38/h10-17,25,27,30-31,37,40,44,48-49,63H,18-24,28-29H2,1-9H3,(H,57,66)(H,58,64)(H,59,65)/t31-,37+,40-,44+,48-,49-/m0/s1. The molecule has 70 heavy (non-hydrogen) atoms. The first-order valence-corrected chi connectivity index (χ1v) is 25.1. The monoisotopic (exact) mass is 995 g/mol. The van der Waals surface area contributed by atoms with Gasteiger partial charge in [-0.1, -0.05) is 84.3 Å². The molecule has 4 amide bonds. The molecule has 2 aromatic heterocycles. The van der Waals surface area contributed by atoms with Crippen LogP contribution in [-0.4, -0.2) is 131 Å². The lowest BCUT2D eigenvalue weighted by molar-refractivity contribution is -0.164. The summed E-state index contributed by atoms with van der Waals surface area (Å²) in [6.45, 7) is 21.2.